The Kier molecular flexibility index (Phi) is 8.25. The van der Waals surface area contributed by atoms with E-state index in [1.54, 1.807) is 0 Å². The molecule has 27 heavy (non-hydrogen) atoms. The minimum atomic E-state index is -1.42. The molecular formula is C14H18N6O7. The smallest absolute Gasteiger partial charge is 0.328 e. The fourth-order valence-electron chi connectivity index (χ4n) is 1.58. The number of carboxylic acid groups (broad SMARTS) is 2. The highest BCUT2D eigenvalue weighted by atomic mass is 16.5. The highest BCUT2D eigenvalue weighted by molar-refractivity contribution is 5.82. The van der Waals surface area contributed by atoms with Gasteiger partial charge in [-0.05, 0) is 6.92 Å². The van der Waals surface area contributed by atoms with E-state index >= 15 is 0 Å². The van der Waals surface area contributed by atoms with Crippen molar-refractivity contribution in [3.05, 3.63) is 24.5 Å². The molecule has 0 aliphatic rings. The summed E-state index contributed by atoms with van der Waals surface area (Å²) in [5.74, 6) is -1.87. The number of hydrogen-bond acceptors (Lipinski definition) is 9. The van der Waals surface area contributed by atoms with Gasteiger partial charge in [0.1, 0.15) is 5.69 Å². The number of hydrogen-bond donors (Lipinski definition) is 5. The molecule has 2 heterocycles. The first-order chi connectivity index (χ1) is 12.7. The number of nitrogens with one attached hydrogen (secondary N) is 2. The quantitative estimate of drug-likeness (QED) is 0.421. The molecule has 0 fully saturated rings. The van der Waals surface area contributed by atoms with Crippen molar-refractivity contribution in [2.75, 3.05) is 0 Å². The summed E-state index contributed by atoms with van der Waals surface area (Å²) in [5, 5.41) is 33.7. The van der Waals surface area contributed by atoms with Crippen molar-refractivity contribution in [1.29, 1.82) is 0 Å². The molecule has 2 rings (SSSR count). The highest BCUT2D eigenvalue weighted by Crippen LogP contribution is 2.10. The lowest BCUT2D eigenvalue weighted by Crippen LogP contribution is -2.51. The van der Waals surface area contributed by atoms with Crippen LogP contribution in [0, 0.1) is 0 Å². The zero-order chi connectivity index (χ0) is 20.4. The van der Waals surface area contributed by atoms with Crippen LogP contribution in [-0.4, -0.2) is 65.5 Å². The average Bonchev–Trinajstić information content (AvgIpc) is 3.06. The van der Waals surface area contributed by atoms with Gasteiger partial charge < -0.3 is 30.5 Å². The van der Waals surface area contributed by atoms with Gasteiger partial charge in [0.15, 0.2) is 6.04 Å². The summed E-state index contributed by atoms with van der Waals surface area (Å²) in [6, 6.07) is -2.22. The van der Waals surface area contributed by atoms with Crippen molar-refractivity contribution in [2.45, 2.75) is 32.5 Å². The molecule has 13 heteroatoms. The molecule has 2 aromatic rings. The van der Waals surface area contributed by atoms with E-state index in [0.717, 1.165) is 6.92 Å². The zero-order valence-corrected chi connectivity index (χ0v) is 14.4. The standard InChI is InChI=1S/C12H14N6O5.C2H4O2/c1-6(19)9(11(20)21)17-12(22)15-5-8-16-10(18-23-8)7-4-13-2-3-14-7;1-2(3)4/h2-4,6,9,19H,5H2,1H3,(H,20,21)(H2,15,17,22);1H3,(H,3,4). The number of aliphatic carboxylic acids is 2. The Bertz CT molecular complexity index is 760. The van der Waals surface area contributed by atoms with Crippen LogP contribution in [0.15, 0.2) is 23.1 Å². The maximum atomic E-state index is 11.6. The summed E-state index contributed by atoms with van der Waals surface area (Å²) in [6.07, 6.45) is 3.18. The van der Waals surface area contributed by atoms with Crippen molar-refractivity contribution < 1.29 is 34.2 Å². The number of carbonyl (C=O) groups is 3. The van der Waals surface area contributed by atoms with Crippen LogP contribution in [0.3, 0.4) is 0 Å². The van der Waals surface area contributed by atoms with Crippen molar-refractivity contribution in [3.63, 3.8) is 0 Å². The molecular weight excluding hydrogens is 364 g/mol. The summed E-state index contributed by atoms with van der Waals surface area (Å²) in [5.41, 5.74) is 0.409. The van der Waals surface area contributed by atoms with E-state index in [4.69, 9.17) is 19.5 Å². The third-order valence-corrected chi connectivity index (χ3v) is 2.70. The fourth-order valence-corrected chi connectivity index (χ4v) is 1.58. The van der Waals surface area contributed by atoms with E-state index in [-0.39, 0.29) is 18.3 Å². The molecule has 146 valence electrons. The summed E-state index contributed by atoms with van der Waals surface area (Å²) in [4.78, 5) is 43.3. The first-order valence-corrected chi connectivity index (χ1v) is 7.44. The van der Waals surface area contributed by atoms with Crippen LogP contribution in [0.4, 0.5) is 4.79 Å². The number of aliphatic hydroxyl groups is 1. The van der Waals surface area contributed by atoms with E-state index in [1.165, 1.54) is 25.5 Å². The zero-order valence-electron chi connectivity index (χ0n) is 14.4. The Morgan fingerprint density at radius 2 is 1.93 bits per heavy atom. The number of aliphatic hydroxyl groups excluding tert-OH is 1. The van der Waals surface area contributed by atoms with E-state index in [2.05, 4.69) is 30.7 Å². The van der Waals surface area contributed by atoms with E-state index in [1.807, 2.05) is 0 Å². The topological polar surface area (TPSA) is 201 Å². The Morgan fingerprint density at radius 1 is 1.26 bits per heavy atom. The second kappa shape index (κ2) is 10.4. The predicted octanol–water partition coefficient (Wildman–Crippen LogP) is -0.749. The van der Waals surface area contributed by atoms with Crippen LogP contribution in [0.25, 0.3) is 11.5 Å². The number of carboxylic acids is 2. The van der Waals surface area contributed by atoms with E-state index in [0.29, 0.717) is 5.69 Å². The number of urea groups is 1. The van der Waals surface area contributed by atoms with Crippen LogP contribution in [0.2, 0.25) is 0 Å². The Morgan fingerprint density at radius 3 is 2.44 bits per heavy atom. The largest absolute Gasteiger partial charge is 0.481 e. The number of nitrogens with zero attached hydrogens (tertiary/aromatic N) is 4. The van der Waals surface area contributed by atoms with Crippen molar-refractivity contribution in [3.8, 4) is 11.5 Å². The van der Waals surface area contributed by atoms with Gasteiger partial charge in [-0.15, -0.1) is 0 Å². The molecule has 0 aliphatic heterocycles. The normalized spacial score (nSPS) is 12.1. The van der Waals surface area contributed by atoms with Gasteiger partial charge in [-0.3, -0.25) is 9.78 Å². The lowest BCUT2D eigenvalue weighted by Gasteiger charge is -2.16. The molecule has 13 nitrogen and oxygen atoms in total. The minimum Gasteiger partial charge on any atom is -0.481 e. The lowest BCUT2D eigenvalue weighted by molar-refractivity contribution is -0.141. The monoisotopic (exact) mass is 382 g/mol. The van der Waals surface area contributed by atoms with E-state index < -0.39 is 30.1 Å². The number of carbonyl (C=O) groups excluding carboxylic acids is 1. The summed E-state index contributed by atoms with van der Waals surface area (Å²) >= 11 is 0. The third kappa shape index (κ3) is 7.87. The minimum absolute atomic E-state index is 0.102. The first-order valence-electron chi connectivity index (χ1n) is 7.44. The van der Waals surface area contributed by atoms with Crippen LogP contribution in [0.5, 0.6) is 0 Å². The molecule has 0 saturated carbocycles. The molecule has 2 atom stereocenters. The summed E-state index contributed by atoms with van der Waals surface area (Å²) < 4.78 is 4.93. The number of aromatic nitrogens is 4. The molecule has 2 unspecified atom stereocenters. The average molecular weight is 382 g/mol. The van der Waals surface area contributed by atoms with Gasteiger partial charge in [-0.25, -0.2) is 14.6 Å². The second-order valence-corrected chi connectivity index (χ2v) is 5.00. The van der Waals surface area contributed by atoms with Crippen LogP contribution < -0.4 is 10.6 Å². The lowest BCUT2D eigenvalue weighted by atomic mass is 10.2. The summed E-state index contributed by atoms with van der Waals surface area (Å²) in [6.45, 7) is 2.22. The third-order valence-electron chi connectivity index (χ3n) is 2.70. The van der Waals surface area contributed by atoms with Gasteiger partial charge in [0, 0.05) is 19.3 Å². The fraction of sp³-hybridized carbons (Fsp3) is 0.357. The molecule has 0 aliphatic carbocycles. The molecule has 2 aromatic heterocycles. The van der Waals surface area contributed by atoms with Gasteiger partial charge in [0.05, 0.1) is 18.8 Å². The van der Waals surface area contributed by atoms with Crippen molar-refractivity contribution in [2.24, 2.45) is 0 Å². The summed E-state index contributed by atoms with van der Waals surface area (Å²) in [7, 11) is 0. The van der Waals surface area contributed by atoms with Crippen LogP contribution >= 0.6 is 0 Å². The van der Waals surface area contributed by atoms with Crippen LogP contribution in [0.1, 0.15) is 19.7 Å². The molecule has 0 saturated heterocycles. The molecule has 0 radical (unpaired) electrons. The second-order valence-electron chi connectivity index (χ2n) is 5.00. The predicted molar refractivity (Wildman–Crippen MR) is 87.1 cm³/mol. The number of amides is 2. The maximum Gasteiger partial charge on any atom is 0.328 e. The van der Waals surface area contributed by atoms with Crippen molar-refractivity contribution >= 4 is 18.0 Å². The van der Waals surface area contributed by atoms with Crippen LogP contribution in [-0.2, 0) is 16.1 Å². The van der Waals surface area contributed by atoms with Gasteiger partial charge in [-0.1, -0.05) is 5.16 Å². The molecule has 0 spiro atoms. The van der Waals surface area contributed by atoms with E-state index in [9.17, 15) is 14.7 Å². The maximum absolute atomic E-state index is 11.6. The molecule has 5 N–H and O–H groups in total. The molecule has 0 aromatic carbocycles. The number of rotatable bonds is 6. The Balaban J connectivity index is 0.000000828. The molecule has 0 bridgehead atoms. The van der Waals surface area contributed by atoms with Gasteiger partial charge >= 0.3 is 12.0 Å². The van der Waals surface area contributed by atoms with Gasteiger partial charge in [0.2, 0.25) is 11.7 Å². The van der Waals surface area contributed by atoms with Crippen molar-refractivity contribution in [1.82, 2.24) is 30.7 Å². The highest BCUT2D eigenvalue weighted by Gasteiger charge is 2.25. The Hall–Kier alpha value is -3.61. The first kappa shape index (κ1) is 21.4. The van der Waals surface area contributed by atoms with Gasteiger partial charge in [0.25, 0.3) is 5.97 Å². The SMILES string of the molecule is CC(=O)O.CC(O)C(NC(=O)NCc1nc(-c2cnccn2)no1)C(=O)O. The molecule has 2 amide bonds. The van der Waals surface area contributed by atoms with Gasteiger partial charge in [-0.2, -0.15) is 4.98 Å². The Labute approximate surface area is 152 Å².